The molecular formula is C15H19BrN2O2. The van der Waals surface area contributed by atoms with E-state index in [0.717, 1.165) is 23.2 Å². The van der Waals surface area contributed by atoms with Crippen LogP contribution in [0.15, 0.2) is 22.7 Å². The minimum Gasteiger partial charge on any atom is -0.478 e. The van der Waals surface area contributed by atoms with Crippen LogP contribution in [0.1, 0.15) is 30.1 Å². The Balaban J connectivity index is 1.89. The number of hydrogen-bond donors (Lipinski definition) is 1. The lowest BCUT2D eigenvalue weighted by molar-refractivity contribution is 0.0697. The van der Waals surface area contributed by atoms with Gasteiger partial charge in [0.05, 0.1) is 5.56 Å². The first-order valence-corrected chi connectivity index (χ1v) is 7.88. The molecule has 2 unspecified atom stereocenters. The first-order valence-electron chi connectivity index (χ1n) is 7.09. The summed E-state index contributed by atoms with van der Waals surface area (Å²) in [5, 5.41) is 9.20. The second-order valence-corrected chi connectivity index (χ2v) is 6.71. The van der Waals surface area contributed by atoms with Crippen LogP contribution >= 0.6 is 15.9 Å². The number of carboxylic acids is 1. The molecule has 0 amide bonds. The first-order chi connectivity index (χ1) is 9.54. The van der Waals surface area contributed by atoms with E-state index in [2.05, 4.69) is 32.7 Å². The van der Waals surface area contributed by atoms with Gasteiger partial charge < -0.3 is 10.0 Å². The second kappa shape index (κ2) is 5.37. The van der Waals surface area contributed by atoms with E-state index in [1.807, 2.05) is 6.07 Å². The highest BCUT2D eigenvalue weighted by molar-refractivity contribution is 9.10. The van der Waals surface area contributed by atoms with Crippen LogP contribution in [0.5, 0.6) is 0 Å². The maximum atomic E-state index is 11.2. The summed E-state index contributed by atoms with van der Waals surface area (Å²) < 4.78 is 0.827. The second-order valence-electron chi connectivity index (χ2n) is 5.80. The van der Waals surface area contributed by atoms with Crippen molar-refractivity contribution in [1.29, 1.82) is 0 Å². The lowest BCUT2D eigenvalue weighted by Crippen LogP contribution is -2.55. The topological polar surface area (TPSA) is 43.8 Å². The van der Waals surface area contributed by atoms with Crippen LogP contribution in [-0.4, -0.2) is 47.7 Å². The largest absolute Gasteiger partial charge is 0.478 e. The smallest absolute Gasteiger partial charge is 0.335 e. The van der Waals surface area contributed by atoms with Crippen LogP contribution in [0.2, 0.25) is 0 Å². The molecule has 2 fully saturated rings. The lowest BCUT2D eigenvalue weighted by atomic mass is 10.1. The third-order valence-electron chi connectivity index (χ3n) is 4.40. The van der Waals surface area contributed by atoms with Crippen LogP contribution < -0.4 is 4.90 Å². The van der Waals surface area contributed by atoms with E-state index in [0.29, 0.717) is 17.6 Å². The van der Waals surface area contributed by atoms with Crippen molar-refractivity contribution in [2.24, 2.45) is 0 Å². The molecule has 0 spiro atoms. The normalized spacial score (nSPS) is 26.6. The number of hydrogen-bond acceptors (Lipinski definition) is 3. The number of aromatic carboxylic acids is 1. The van der Waals surface area contributed by atoms with E-state index in [1.165, 1.54) is 19.4 Å². The average Bonchev–Trinajstić information content (AvgIpc) is 2.83. The fourth-order valence-electron chi connectivity index (χ4n) is 3.41. The molecule has 2 aliphatic rings. The summed E-state index contributed by atoms with van der Waals surface area (Å²) in [5.41, 5.74) is 1.35. The zero-order chi connectivity index (χ0) is 14.3. The van der Waals surface area contributed by atoms with Gasteiger partial charge in [-0.1, -0.05) is 15.9 Å². The summed E-state index contributed by atoms with van der Waals surface area (Å²) in [6, 6.07) is 6.50. The van der Waals surface area contributed by atoms with Gasteiger partial charge in [0.15, 0.2) is 0 Å². The first kappa shape index (κ1) is 13.9. The molecule has 0 bridgehead atoms. The van der Waals surface area contributed by atoms with Crippen molar-refractivity contribution in [3.63, 3.8) is 0 Å². The van der Waals surface area contributed by atoms with Gasteiger partial charge in [0.2, 0.25) is 0 Å². The Bertz CT molecular complexity index is 535. The van der Waals surface area contributed by atoms with E-state index < -0.39 is 5.97 Å². The molecule has 20 heavy (non-hydrogen) atoms. The Morgan fingerprint density at radius 1 is 1.35 bits per heavy atom. The zero-order valence-electron chi connectivity index (χ0n) is 11.6. The molecule has 0 saturated carbocycles. The summed E-state index contributed by atoms with van der Waals surface area (Å²) >= 11 is 3.42. The number of piperazine rings is 1. The van der Waals surface area contributed by atoms with Crippen molar-refractivity contribution in [1.82, 2.24) is 4.90 Å². The van der Waals surface area contributed by atoms with Crippen LogP contribution in [-0.2, 0) is 0 Å². The minimum atomic E-state index is -0.875. The highest BCUT2D eigenvalue weighted by Crippen LogP contribution is 2.31. The standard InChI is InChI=1S/C15H19BrN2O2/c1-10-8-17-4-2-3-13(17)9-18(10)14-6-11(15(19)20)5-12(16)7-14/h5-7,10,13H,2-4,8-9H2,1H3,(H,19,20). The number of rotatable bonds is 2. The number of carbonyl (C=O) groups is 1. The van der Waals surface area contributed by atoms with Crippen molar-refractivity contribution in [2.45, 2.75) is 31.8 Å². The number of fused-ring (bicyclic) bond motifs is 1. The Labute approximate surface area is 127 Å². The zero-order valence-corrected chi connectivity index (χ0v) is 13.1. The van der Waals surface area contributed by atoms with Gasteiger partial charge in [-0.15, -0.1) is 0 Å². The minimum absolute atomic E-state index is 0.343. The number of anilines is 1. The summed E-state index contributed by atoms with van der Waals surface area (Å²) in [6.45, 7) is 5.49. The van der Waals surface area contributed by atoms with Crippen LogP contribution in [0.4, 0.5) is 5.69 Å². The van der Waals surface area contributed by atoms with Crippen molar-refractivity contribution in [2.75, 3.05) is 24.5 Å². The molecule has 2 atom stereocenters. The van der Waals surface area contributed by atoms with Gasteiger partial charge >= 0.3 is 5.97 Å². The molecule has 0 aromatic heterocycles. The van der Waals surface area contributed by atoms with E-state index in [9.17, 15) is 9.90 Å². The predicted molar refractivity (Wildman–Crippen MR) is 82.5 cm³/mol. The van der Waals surface area contributed by atoms with E-state index in [1.54, 1.807) is 12.1 Å². The molecule has 5 heteroatoms. The van der Waals surface area contributed by atoms with Crippen molar-refractivity contribution >= 4 is 27.6 Å². The third kappa shape index (κ3) is 2.56. The van der Waals surface area contributed by atoms with E-state index in [-0.39, 0.29) is 0 Å². The van der Waals surface area contributed by atoms with Gasteiger partial charge in [-0.25, -0.2) is 4.79 Å². The molecule has 2 aliphatic heterocycles. The van der Waals surface area contributed by atoms with Gasteiger partial charge in [-0.2, -0.15) is 0 Å². The molecule has 1 N–H and O–H groups in total. The fourth-order valence-corrected chi connectivity index (χ4v) is 3.89. The van der Waals surface area contributed by atoms with Gasteiger partial charge in [-0.3, -0.25) is 4.90 Å². The number of benzene rings is 1. The van der Waals surface area contributed by atoms with Crippen LogP contribution in [0, 0.1) is 0 Å². The molecule has 3 rings (SSSR count). The van der Waals surface area contributed by atoms with Gasteiger partial charge in [-0.05, 0) is 44.5 Å². The van der Waals surface area contributed by atoms with Crippen molar-refractivity contribution in [3.05, 3.63) is 28.2 Å². The average molecular weight is 339 g/mol. The maximum Gasteiger partial charge on any atom is 0.335 e. The quantitative estimate of drug-likeness (QED) is 0.900. The van der Waals surface area contributed by atoms with Gasteiger partial charge in [0, 0.05) is 35.3 Å². The molecule has 4 nitrogen and oxygen atoms in total. The molecule has 108 valence electrons. The van der Waals surface area contributed by atoms with Crippen LogP contribution in [0.3, 0.4) is 0 Å². The Kier molecular flexibility index (Phi) is 3.73. The highest BCUT2D eigenvalue weighted by atomic mass is 79.9. The van der Waals surface area contributed by atoms with Gasteiger partial charge in [0.1, 0.15) is 0 Å². The molecule has 2 saturated heterocycles. The molecule has 0 aliphatic carbocycles. The maximum absolute atomic E-state index is 11.2. The summed E-state index contributed by atoms with van der Waals surface area (Å²) in [4.78, 5) is 16.1. The third-order valence-corrected chi connectivity index (χ3v) is 4.86. The molecule has 2 heterocycles. The fraction of sp³-hybridized carbons (Fsp3) is 0.533. The lowest BCUT2D eigenvalue weighted by Gasteiger charge is -2.43. The molecule has 0 radical (unpaired) electrons. The Morgan fingerprint density at radius 3 is 2.90 bits per heavy atom. The Morgan fingerprint density at radius 2 is 2.15 bits per heavy atom. The SMILES string of the molecule is CC1CN2CCCC2CN1c1cc(Br)cc(C(=O)O)c1. The van der Waals surface area contributed by atoms with E-state index in [4.69, 9.17) is 0 Å². The van der Waals surface area contributed by atoms with E-state index >= 15 is 0 Å². The summed E-state index contributed by atoms with van der Waals surface area (Å²) in [5.74, 6) is -0.875. The predicted octanol–water partition coefficient (Wildman–Crippen LogP) is 2.82. The summed E-state index contributed by atoms with van der Waals surface area (Å²) in [7, 11) is 0. The molecular weight excluding hydrogens is 320 g/mol. The monoisotopic (exact) mass is 338 g/mol. The number of carboxylic acid groups (broad SMARTS) is 1. The van der Waals surface area contributed by atoms with Crippen LogP contribution in [0.25, 0.3) is 0 Å². The van der Waals surface area contributed by atoms with Crippen molar-refractivity contribution < 1.29 is 9.90 Å². The molecule has 1 aromatic carbocycles. The van der Waals surface area contributed by atoms with Gasteiger partial charge in [0.25, 0.3) is 0 Å². The highest BCUT2D eigenvalue weighted by Gasteiger charge is 2.34. The molecule has 1 aromatic rings. The number of nitrogens with zero attached hydrogens (tertiary/aromatic N) is 2. The summed E-state index contributed by atoms with van der Waals surface area (Å²) in [6.07, 6.45) is 2.53. The number of halogens is 1. The Hall–Kier alpha value is -1.07. The van der Waals surface area contributed by atoms with Crippen molar-refractivity contribution in [3.8, 4) is 0 Å².